The van der Waals surface area contributed by atoms with Crippen molar-refractivity contribution in [2.45, 2.75) is 26.8 Å². The van der Waals surface area contributed by atoms with Gasteiger partial charge in [-0.15, -0.1) is 0 Å². The maximum atomic E-state index is 13.5. The van der Waals surface area contributed by atoms with Gasteiger partial charge in [0.05, 0.1) is 35.0 Å². The number of carbonyl (C=O) groups is 2. The van der Waals surface area contributed by atoms with Crippen LogP contribution < -0.4 is 14.4 Å². The van der Waals surface area contributed by atoms with Crippen LogP contribution in [0.4, 0.5) is 5.13 Å². The number of aromatic nitrogens is 1. The lowest BCUT2D eigenvalue weighted by molar-refractivity contribution is -0.132. The highest BCUT2D eigenvalue weighted by atomic mass is 35.5. The van der Waals surface area contributed by atoms with Crippen LogP contribution in [0.5, 0.6) is 11.5 Å². The van der Waals surface area contributed by atoms with E-state index in [1.807, 2.05) is 39.0 Å². The van der Waals surface area contributed by atoms with Gasteiger partial charge in [0.15, 0.2) is 16.6 Å². The van der Waals surface area contributed by atoms with Gasteiger partial charge in [0.25, 0.3) is 5.78 Å². The molecule has 4 aromatic rings. The number of rotatable bonds is 7. The summed E-state index contributed by atoms with van der Waals surface area (Å²) in [4.78, 5) is 33.1. The first-order valence-electron chi connectivity index (χ1n) is 12.2. The van der Waals surface area contributed by atoms with Crippen LogP contribution >= 0.6 is 22.9 Å². The number of amides is 1. The molecule has 1 unspecified atom stereocenters. The molecule has 1 fully saturated rings. The van der Waals surface area contributed by atoms with Gasteiger partial charge in [-0.1, -0.05) is 35.1 Å². The third kappa shape index (κ3) is 4.61. The second kappa shape index (κ2) is 10.5. The number of Topliss-reactive ketones (excluding diaryl/α,β-unsaturated/α-hetero) is 1. The Morgan fingerprint density at radius 3 is 2.42 bits per heavy atom. The minimum atomic E-state index is -0.942. The zero-order chi connectivity index (χ0) is 27.0. The van der Waals surface area contributed by atoms with Gasteiger partial charge in [0, 0.05) is 10.6 Å². The quantitative estimate of drug-likeness (QED) is 0.157. The van der Waals surface area contributed by atoms with Gasteiger partial charge >= 0.3 is 5.91 Å². The van der Waals surface area contributed by atoms with Crippen molar-refractivity contribution in [3.8, 4) is 11.5 Å². The summed E-state index contributed by atoms with van der Waals surface area (Å²) in [5.41, 5.74) is 2.67. The monoisotopic (exact) mass is 548 g/mol. The van der Waals surface area contributed by atoms with Crippen molar-refractivity contribution >= 4 is 55.7 Å². The van der Waals surface area contributed by atoms with Crippen LogP contribution in [0.25, 0.3) is 16.0 Å². The van der Waals surface area contributed by atoms with Crippen molar-refractivity contribution in [1.82, 2.24) is 4.98 Å². The molecule has 1 aromatic heterocycles. The predicted molar refractivity (Wildman–Crippen MR) is 149 cm³/mol. The molecule has 3 aromatic carbocycles. The maximum Gasteiger partial charge on any atom is 0.301 e. The number of carbonyl (C=O) groups excluding carboxylic acids is 2. The summed E-state index contributed by atoms with van der Waals surface area (Å²) in [5, 5.41) is 12.2. The number of anilines is 1. The molecule has 38 heavy (non-hydrogen) atoms. The second-order valence-corrected chi connectivity index (χ2v) is 10.2. The van der Waals surface area contributed by atoms with E-state index in [0.29, 0.717) is 46.0 Å². The van der Waals surface area contributed by atoms with E-state index in [0.717, 1.165) is 15.8 Å². The SMILES string of the molecule is CCOc1ccc(C2C(=C(O)c3ccc(Cl)cc3)C(=O)C(=O)N2c2nc3ccc(C)cc3s2)cc1OCC. The summed E-state index contributed by atoms with van der Waals surface area (Å²) in [5.74, 6) is -0.846. The third-order valence-corrected chi connectivity index (χ3v) is 7.45. The third-order valence-electron chi connectivity index (χ3n) is 6.18. The van der Waals surface area contributed by atoms with E-state index in [4.69, 9.17) is 21.1 Å². The number of aliphatic hydroxyl groups is 1. The number of thiazole rings is 1. The molecule has 5 rings (SSSR count). The Morgan fingerprint density at radius 1 is 1.00 bits per heavy atom. The molecule has 2 heterocycles. The van der Waals surface area contributed by atoms with Crippen LogP contribution in [-0.4, -0.2) is 35.0 Å². The molecule has 0 saturated carbocycles. The highest BCUT2D eigenvalue weighted by Gasteiger charge is 2.48. The fraction of sp³-hybridized carbons (Fsp3) is 0.207. The van der Waals surface area contributed by atoms with Gasteiger partial charge in [-0.05, 0) is 80.4 Å². The number of ether oxygens (including phenoxy) is 2. The second-order valence-electron chi connectivity index (χ2n) is 8.72. The first-order chi connectivity index (χ1) is 18.3. The van der Waals surface area contributed by atoms with Gasteiger partial charge in [0.2, 0.25) is 0 Å². The van der Waals surface area contributed by atoms with Gasteiger partial charge in [-0.2, -0.15) is 0 Å². The van der Waals surface area contributed by atoms with Crippen molar-refractivity contribution in [3.63, 3.8) is 0 Å². The summed E-state index contributed by atoms with van der Waals surface area (Å²) in [7, 11) is 0. The van der Waals surface area contributed by atoms with Crippen molar-refractivity contribution in [1.29, 1.82) is 0 Å². The molecule has 1 amide bonds. The lowest BCUT2D eigenvalue weighted by Gasteiger charge is -2.24. The smallest absolute Gasteiger partial charge is 0.301 e. The van der Waals surface area contributed by atoms with Crippen LogP contribution in [-0.2, 0) is 9.59 Å². The molecule has 194 valence electrons. The Morgan fingerprint density at radius 2 is 1.71 bits per heavy atom. The summed E-state index contributed by atoms with van der Waals surface area (Å²) in [6.45, 7) is 6.55. The Kier molecular flexibility index (Phi) is 7.10. The lowest BCUT2D eigenvalue weighted by Crippen LogP contribution is -2.29. The highest BCUT2D eigenvalue weighted by Crippen LogP contribution is 2.46. The maximum absolute atomic E-state index is 13.5. The van der Waals surface area contributed by atoms with Crippen molar-refractivity contribution < 1.29 is 24.2 Å². The largest absolute Gasteiger partial charge is 0.507 e. The van der Waals surface area contributed by atoms with Gasteiger partial charge in [-0.3, -0.25) is 14.5 Å². The lowest BCUT2D eigenvalue weighted by atomic mass is 9.95. The number of halogens is 1. The van der Waals surface area contributed by atoms with Crippen LogP contribution in [0.2, 0.25) is 5.02 Å². The van der Waals surface area contributed by atoms with Gasteiger partial charge in [-0.25, -0.2) is 4.98 Å². The minimum absolute atomic E-state index is 0.0423. The standard InChI is InChI=1S/C29H25ClN2O5S/c1-4-36-21-13-9-18(15-22(21)37-5-2)25-24(26(33)17-7-10-19(30)11-8-17)27(34)28(35)32(25)29-31-20-12-6-16(3)14-23(20)38-29/h6-15,25,33H,4-5H2,1-3H3. The summed E-state index contributed by atoms with van der Waals surface area (Å²) in [6.07, 6.45) is 0. The zero-order valence-electron chi connectivity index (χ0n) is 21.0. The number of aliphatic hydroxyl groups excluding tert-OH is 1. The van der Waals surface area contributed by atoms with Crippen LogP contribution in [0, 0.1) is 6.92 Å². The molecule has 1 saturated heterocycles. The van der Waals surface area contributed by atoms with Crippen molar-refractivity contribution in [2.75, 3.05) is 18.1 Å². The Balaban J connectivity index is 1.73. The molecule has 1 N–H and O–H groups in total. The van der Waals surface area contributed by atoms with E-state index in [1.165, 1.54) is 16.2 Å². The van der Waals surface area contributed by atoms with E-state index in [9.17, 15) is 14.7 Å². The minimum Gasteiger partial charge on any atom is -0.507 e. The number of benzene rings is 3. The number of hydrogen-bond donors (Lipinski definition) is 1. The molecule has 0 bridgehead atoms. The summed E-state index contributed by atoms with van der Waals surface area (Å²) >= 11 is 7.35. The molecule has 0 radical (unpaired) electrons. The average molecular weight is 549 g/mol. The number of aryl methyl sites for hydroxylation is 1. The van der Waals surface area contributed by atoms with Gasteiger partial charge < -0.3 is 14.6 Å². The van der Waals surface area contributed by atoms with E-state index in [-0.39, 0.29) is 11.3 Å². The van der Waals surface area contributed by atoms with Crippen LogP contribution in [0.3, 0.4) is 0 Å². The Hall–Kier alpha value is -3.88. The molecule has 9 heteroatoms. The molecular formula is C29H25ClN2O5S. The first kappa shape index (κ1) is 25.8. The Bertz CT molecular complexity index is 1580. The zero-order valence-corrected chi connectivity index (χ0v) is 22.6. The van der Waals surface area contributed by atoms with Gasteiger partial charge in [0.1, 0.15) is 5.76 Å². The van der Waals surface area contributed by atoms with Crippen molar-refractivity contribution in [3.05, 3.63) is 87.9 Å². The molecule has 0 spiro atoms. The normalized spacial score (nSPS) is 16.8. The molecule has 1 atom stereocenters. The van der Waals surface area contributed by atoms with E-state index in [2.05, 4.69) is 4.98 Å². The molecule has 0 aliphatic carbocycles. The summed E-state index contributed by atoms with van der Waals surface area (Å²) in [6, 6.07) is 16.6. The number of fused-ring (bicyclic) bond motifs is 1. The van der Waals surface area contributed by atoms with E-state index >= 15 is 0 Å². The predicted octanol–water partition coefficient (Wildman–Crippen LogP) is 6.68. The highest BCUT2D eigenvalue weighted by molar-refractivity contribution is 7.22. The molecule has 7 nitrogen and oxygen atoms in total. The summed E-state index contributed by atoms with van der Waals surface area (Å²) < 4.78 is 12.4. The number of nitrogens with zero attached hydrogens (tertiary/aromatic N) is 2. The molecular weight excluding hydrogens is 524 g/mol. The van der Waals surface area contributed by atoms with Crippen LogP contribution in [0.15, 0.2) is 66.2 Å². The number of ketones is 1. The van der Waals surface area contributed by atoms with E-state index < -0.39 is 17.7 Å². The first-order valence-corrected chi connectivity index (χ1v) is 13.4. The van der Waals surface area contributed by atoms with Crippen molar-refractivity contribution in [2.24, 2.45) is 0 Å². The topological polar surface area (TPSA) is 89.0 Å². The fourth-order valence-corrected chi connectivity index (χ4v) is 5.69. The Labute approximate surface area is 228 Å². The number of hydrogen-bond acceptors (Lipinski definition) is 7. The molecule has 1 aliphatic heterocycles. The fourth-order valence-electron chi connectivity index (χ4n) is 4.47. The van der Waals surface area contributed by atoms with Crippen LogP contribution in [0.1, 0.15) is 36.6 Å². The molecule has 1 aliphatic rings. The average Bonchev–Trinajstić information content (AvgIpc) is 3.43. The van der Waals surface area contributed by atoms with E-state index in [1.54, 1.807) is 42.5 Å².